The number of halogens is 12. The highest BCUT2D eigenvalue weighted by Crippen LogP contribution is 2.07. The molecule has 0 fully saturated rings. The molecule has 0 aromatic carbocycles. The third-order valence-corrected chi connectivity index (χ3v) is 0.866. The molecule has 0 spiro atoms. The molecule has 0 amide bonds. The maximum atomic E-state index is 9.75. The molecule has 16 heteroatoms. The van der Waals surface area contributed by atoms with E-state index in [1.165, 1.54) is 0 Å². The summed E-state index contributed by atoms with van der Waals surface area (Å²) in [5.74, 6) is 0. The Morgan fingerprint density at radius 3 is 0.571 bits per heavy atom. The van der Waals surface area contributed by atoms with Crippen molar-refractivity contribution in [3.63, 3.8) is 0 Å². The van der Waals surface area contributed by atoms with Crippen LogP contribution in [0.1, 0.15) is 20.8 Å². The van der Waals surface area contributed by atoms with Gasteiger partial charge in [-0.3, -0.25) is 0 Å². The largest absolute Gasteiger partial charge is 0.673 e. The molecule has 2 N–H and O–H groups in total. The number of nitrogens with two attached hydrogens (primary N) is 1. The summed E-state index contributed by atoms with van der Waals surface area (Å²) in [5.41, 5.74) is 0.417. The fourth-order valence-electron chi connectivity index (χ4n) is 0. The van der Waals surface area contributed by atoms with Gasteiger partial charge in [0.25, 0.3) is 0 Å². The van der Waals surface area contributed by atoms with Crippen LogP contribution in [-0.2, 0) is 0 Å². The van der Waals surface area contributed by atoms with E-state index >= 15 is 0 Å². The number of hydrogen-bond acceptors (Lipinski definition) is 0. The summed E-state index contributed by atoms with van der Waals surface area (Å²) in [6, 6.07) is 0. The first kappa shape index (κ1) is 28.5. The second-order valence-corrected chi connectivity index (χ2v) is 4.14. The van der Waals surface area contributed by atoms with E-state index in [9.17, 15) is 51.8 Å². The maximum Gasteiger partial charge on any atom is 0.673 e. The lowest BCUT2D eigenvalue weighted by Crippen LogP contribution is -2.90. The average molecular weight is 349 g/mol. The van der Waals surface area contributed by atoms with Gasteiger partial charge >= 0.3 is 21.8 Å². The molecule has 1 nitrogen and oxygen atoms in total. The molecule has 0 saturated carbocycles. The standard InChI is InChI=1S/C5H13N.3BF4/c1-5(2,3)6-4;3*2-1(3,4)5/h6H,1-4H3;;;/q;3*-1/p+1. The molecule has 0 aromatic heterocycles. The Bertz CT molecular complexity index is 180. The molecule has 21 heavy (non-hydrogen) atoms. The smallest absolute Gasteiger partial charge is 0.418 e. The number of quaternary nitrogens is 1. The van der Waals surface area contributed by atoms with Gasteiger partial charge in [-0.1, -0.05) is 0 Å². The van der Waals surface area contributed by atoms with E-state index in [2.05, 4.69) is 33.1 Å². The van der Waals surface area contributed by atoms with Crippen molar-refractivity contribution in [3.8, 4) is 0 Å². The second-order valence-electron chi connectivity index (χ2n) is 4.14. The van der Waals surface area contributed by atoms with Gasteiger partial charge in [0.1, 0.15) is 0 Å². The van der Waals surface area contributed by atoms with Crippen LogP contribution in [-0.4, -0.2) is 34.3 Å². The summed E-state index contributed by atoms with van der Waals surface area (Å²) >= 11 is 0. The van der Waals surface area contributed by atoms with Crippen LogP contribution in [0.4, 0.5) is 51.8 Å². The number of rotatable bonds is 0. The molecule has 0 heterocycles. The summed E-state index contributed by atoms with van der Waals surface area (Å²) in [6.07, 6.45) is 0. The molecule has 0 atom stereocenters. The van der Waals surface area contributed by atoms with E-state index in [1.807, 2.05) is 0 Å². The highest BCUT2D eigenvalue weighted by atomic mass is 19.5. The second kappa shape index (κ2) is 11.0. The molecular formula is C5H14B3F12N-2. The first-order valence-corrected chi connectivity index (χ1v) is 4.98. The SMILES string of the molecule is C[NH2+]C(C)(C)C.F[B-](F)(F)F.F[B-](F)(F)F.F[B-](F)(F)F. The fourth-order valence-corrected chi connectivity index (χ4v) is 0. The lowest BCUT2D eigenvalue weighted by atomic mass is 10.1. The molecular weight excluding hydrogens is 334 g/mol. The molecule has 0 rings (SSSR count). The van der Waals surface area contributed by atoms with Gasteiger partial charge in [-0.25, -0.2) is 0 Å². The quantitative estimate of drug-likeness (QED) is 0.505. The highest BCUT2D eigenvalue weighted by Gasteiger charge is 2.21. The van der Waals surface area contributed by atoms with Crippen molar-refractivity contribution in [3.05, 3.63) is 0 Å². The van der Waals surface area contributed by atoms with Gasteiger partial charge in [-0.15, -0.1) is 0 Å². The van der Waals surface area contributed by atoms with Crippen molar-refractivity contribution in [1.29, 1.82) is 0 Å². The minimum atomic E-state index is -6.00. The van der Waals surface area contributed by atoms with Crippen LogP contribution in [0.3, 0.4) is 0 Å². The van der Waals surface area contributed by atoms with Gasteiger partial charge in [-0.2, -0.15) is 0 Å². The Hall–Kier alpha value is -0.685. The molecule has 0 aliphatic heterocycles. The zero-order valence-corrected chi connectivity index (χ0v) is 11.3. The third kappa shape index (κ3) is 1080. The summed E-state index contributed by atoms with van der Waals surface area (Å²) in [5, 5.41) is 2.19. The van der Waals surface area contributed by atoms with E-state index in [0.29, 0.717) is 5.54 Å². The molecule has 0 aliphatic rings. The summed E-state index contributed by atoms with van der Waals surface area (Å²) in [6.45, 7) is 6.56. The van der Waals surface area contributed by atoms with E-state index in [1.54, 1.807) is 0 Å². The monoisotopic (exact) mass is 349 g/mol. The zero-order chi connectivity index (χ0) is 18.7. The van der Waals surface area contributed by atoms with Gasteiger partial charge in [-0.05, 0) is 20.8 Å². The predicted octanol–water partition coefficient (Wildman–Crippen LogP) is 3.88. The Kier molecular flexibility index (Phi) is 14.9. The van der Waals surface area contributed by atoms with Crippen molar-refractivity contribution >= 4 is 21.8 Å². The Morgan fingerprint density at radius 1 is 0.524 bits per heavy atom. The molecule has 0 unspecified atom stereocenters. The van der Waals surface area contributed by atoms with E-state index < -0.39 is 21.8 Å². The van der Waals surface area contributed by atoms with Crippen LogP contribution in [0.5, 0.6) is 0 Å². The van der Waals surface area contributed by atoms with Crippen molar-refractivity contribution in [2.45, 2.75) is 26.3 Å². The van der Waals surface area contributed by atoms with Gasteiger partial charge in [0.15, 0.2) is 0 Å². The first-order chi connectivity index (χ1) is 8.56. The minimum Gasteiger partial charge on any atom is -0.418 e. The third-order valence-electron chi connectivity index (χ3n) is 0.866. The van der Waals surface area contributed by atoms with Crippen LogP contribution in [0.15, 0.2) is 0 Å². The zero-order valence-electron chi connectivity index (χ0n) is 11.3. The Morgan fingerprint density at radius 2 is 0.571 bits per heavy atom. The number of hydrogen-bond donors (Lipinski definition) is 1. The Balaban J connectivity index is -0.0000000921. The van der Waals surface area contributed by atoms with Gasteiger partial charge in [0.2, 0.25) is 0 Å². The summed E-state index contributed by atoms with van der Waals surface area (Å²) < 4.78 is 117. The molecule has 0 bridgehead atoms. The summed E-state index contributed by atoms with van der Waals surface area (Å²) in [4.78, 5) is 0. The molecule has 134 valence electrons. The molecule has 0 radical (unpaired) electrons. The normalized spacial score (nSPS) is 12.0. The lowest BCUT2D eigenvalue weighted by Gasteiger charge is -2.11. The van der Waals surface area contributed by atoms with Crippen LogP contribution in [0.25, 0.3) is 0 Å². The molecule has 0 saturated heterocycles. The highest BCUT2D eigenvalue weighted by molar-refractivity contribution is 6.50. The van der Waals surface area contributed by atoms with Gasteiger partial charge < -0.3 is 57.1 Å². The van der Waals surface area contributed by atoms with Crippen LogP contribution in [0, 0.1) is 0 Å². The van der Waals surface area contributed by atoms with Gasteiger partial charge in [0.05, 0.1) is 12.6 Å². The minimum absolute atomic E-state index is 0.417. The van der Waals surface area contributed by atoms with E-state index in [4.69, 9.17) is 0 Å². The maximum absolute atomic E-state index is 9.75. The van der Waals surface area contributed by atoms with Crippen LogP contribution in [0.2, 0.25) is 0 Å². The lowest BCUT2D eigenvalue weighted by molar-refractivity contribution is -0.692. The summed E-state index contributed by atoms with van der Waals surface area (Å²) in [7, 11) is -15.9. The van der Waals surface area contributed by atoms with Crippen molar-refractivity contribution in [1.82, 2.24) is 0 Å². The molecule has 0 aromatic rings. The van der Waals surface area contributed by atoms with Crippen molar-refractivity contribution < 1.29 is 57.1 Å². The Labute approximate surface area is 113 Å². The van der Waals surface area contributed by atoms with Crippen LogP contribution >= 0.6 is 0 Å². The average Bonchev–Trinajstić information content (AvgIpc) is 1.91. The van der Waals surface area contributed by atoms with Crippen molar-refractivity contribution in [2.75, 3.05) is 7.05 Å². The predicted molar refractivity (Wildman–Crippen MR) is 58.2 cm³/mol. The van der Waals surface area contributed by atoms with Crippen molar-refractivity contribution in [2.24, 2.45) is 0 Å². The van der Waals surface area contributed by atoms with Gasteiger partial charge in [0, 0.05) is 0 Å². The first-order valence-electron chi connectivity index (χ1n) is 4.98. The van der Waals surface area contributed by atoms with E-state index in [0.717, 1.165) is 0 Å². The fraction of sp³-hybridized carbons (Fsp3) is 1.00. The van der Waals surface area contributed by atoms with E-state index in [-0.39, 0.29) is 0 Å². The topological polar surface area (TPSA) is 16.6 Å². The molecule has 0 aliphatic carbocycles. The van der Waals surface area contributed by atoms with Crippen LogP contribution < -0.4 is 5.32 Å².